The highest BCUT2D eigenvalue weighted by Crippen LogP contribution is 2.26. The normalized spacial score (nSPS) is 14.5. The molecule has 1 heterocycles. The number of unbranched alkanes of at least 4 members (excludes halogenated alkanes) is 18. The van der Waals surface area contributed by atoms with Crippen molar-refractivity contribution < 1.29 is 47.5 Å². The SMILES string of the molecule is C=CC(=O)OCCCCCCCCCCCCOc1ccc(-c2ccc(CO[C@H]3OCCO[C@@H]3OCc3ccc(-c4ccc(OCCCCCCCCCCCCOC(=O)C=C)cc4)cc3)cc2)cc1. The molecule has 4 aromatic carbocycles. The highest BCUT2D eigenvalue weighted by Gasteiger charge is 2.29. The fourth-order valence-corrected chi connectivity index (χ4v) is 8.25. The van der Waals surface area contributed by atoms with Gasteiger partial charge >= 0.3 is 11.9 Å². The van der Waals surface area contributed by atoms with Crippen LogP contribution in [-0.2, 0) is 51.2 Å². The lowest BCUT2D eigenvalue weighted by Crippen LogP contribution is -2.41. The van der Waals surface area contributed by atoms with Gasteiger partial charge in [0, 0.05) is 12.2 Å². The molecule has 70 heavy (non-hydrogen) atoms. The molecule has 0 radical (unpaired) electrons. The standard InChI is InChI=1S/C60H80O10/c1-3-57(61)65-43-23-19-15-11-7-5-9-13-17-21-41-63-55-37-33-53(34-38-55)51-29-25-49(26-30-51)47-69-59-60(68-46-45-67-59)70-48-50-27-31-52(32-28-50)54-35-39-56(40-36-54)64-42-22-18-14-10-6-8-12-16-20-24-44-66-58(62)4-2/h3-4,25-40,59-60H,1-2,5-24,41-48H2/t59-,60-/m1/s1. The van der Waals surface area contributed by atoms with Crippen LogP contribution >= 0.6 is 0 Å². The Morgan fingerprint density at radius 3 is 0.971 bits per heavy atom. The summed E-state index contributed by atoms with van der Waals surface area (Å²) in [7, 11) is 0. The lowest BCUT2D eigenvalue weighted by molar-refractivity contribution is -0.326. The first-order valence-electron chi connectivity index (χ1n) is 26.2. The average molecular weight is 961 g/mol. The molecule has 1 aliphatic heterocycles. The number of rotatable bonds is 38. The van der Waals surface area contributed by atoms with Crippen molar-refractivity contribution in [2.45, 2.75) is 154 Å². The van der Waals surface area contributed by atoms with Gasteiger partial charge in [0.25, 0.3) is 0 Å². The quantitative estimate of drug-likeness (QED) is 0.0245. The molecule has 2 atom stereocenters. The Morgan fingerprint density at radius 1 is 0.400 bits per heavy atom. The summed E-state index contributed by atoms with van der Waals surface area (Å²) < 4.78 is 46.3. The van der Waals surface area contributed by atoms with Crippen LogP contribution in [0, 0.1) is 0 Å². The van der Waals surface area contributed by atoms with E-state index in [-0.39, 0.29) is 11.9 Å². The summed E-state index contributed by atoms with van der Waals surface area (Å²) in [6, 6.07) is 33.4. The van der Waals surface area contributed by atoms with Gasteiger partial charge in [-0.05, 0) is 83.3 Å². The molecule has 0 N–H and O–H groups in total. The molecule has 1 saturated heterocycles. The van der Waals surface area contributed by atoms with Crippen molar-refractivity contribution in [3.63, 3.8) is 0 Å². The minimum absolute atomic E-state index is 0.332. The van der Waals surface area contributed by atoms with Crippen LogP contribution in [0.4, 0.5) is 0 Å². The summed E-state index contributed by atoms with van der Waals surface area (Å²) in [5.74, 6) is 1.14. The first-order chi connectivity index (χ1) is 34.5. The van der Waals surface area contributed by atoms with Gasteiger partial charge in [-0.15, -0.1) is 0 Å². The predicted octanol–water partition coefficient (Wildman–Crippen LogP) is 14.5. The number of carbonyl (C=O) groups is 2. The largest absolute Gasteiger partial charge is 0.494 e. The van der Waals surface area contributed by atoms with Crippen LogP contribution in [0.25, 0.3) is 22.3 Å². The molecule has 1 fully saturated rings. The number of benzene rings is 4. The van der Waals surface area contributed by atoms with E-state index in [0.717, 1.165) is 96.6 Å². The summed E-state index contributed by atoms with van der Waals surface area (Å²) >= 11 is 0. The molecule has 0 amide bonds. The van der Waals surface area contributed by atoms with Crippen LogP contribution in [-0.4, -0.2) is 64.2 Å². The van der Waals surface area contributed by atoms with E-state index in [1.54, 1.807) is 0 Å². The Kier molecular flexibility index (Phi) is 27.8. The molecule has 10 heteroatoms. The van der Waals surface area contributed by atoms with Crippen molar-refractivity contribution >= 4 is 11.9 Å². The summed E-state index contributed by atoms with van der Waals surface area (Å²) in [6.45, 7) is 10.9. The zero-order valence-electron chi connectivity index (χ0n) is 41.8. The maximum Gasteiger partial charge on any atom is 0.330 e. The zero-order chi connectivity index (χ0) is 49.1. The van der Waals surface area contributed by atoms with E-state index in [2.05, 4.69) is 86.0 Å². The van der Waals surface area contributed by atoms with Crippen molar-refractivity contribution in [2.75, 3.05) is 39.6 Å². The van der Waals surface area contributed by atoms with Crippen LogP contribution in [0.3, 0.4) is 0 Å². The van der Waals surface area contributed by atoms with Gasteiger partial charge in [-0.3, -0.25) is 0 Å². The van der Waals surface area contributed by atoms with Crippen molar-refractivity contribution in [3.8, 4) is 33.8 Å². The van der Waals surface area contributed by atoms with E-state index in [9.17, 15) is 9.59 Å². The van der Waals surface area contributed by atoms with Crippen LogP contribution in [0.1, 0.15) is 140 Å². The molecule has 0 saturated carbocycles. The molecule has 5 rings (SSSR count). The van der Waals surface area contributed by atoms with Gasteiger partial charge in [0.2, 0.25) is 12.6 Å². The van der Waals surface area contributed by atoms with Gasteiger partial charge in [0.15, 0.2) is 0 Å². The first-order valence-corrected chi connectivity index (χ1v) is 26.2. The first kappa shape index (κ1) is 55.7. The third-order valence-electron chi connectivity index (χ3n) is 12.4. The van der Waals surface area contributed by atoms with E-state index < -0.39 is 12.6 Å². The molecule has 1 aliphatic rings. The van der Waals surface area contributed by atoms with E-state index in [1.807, 2.05) is 24.3 Å². The molecule has 0 aliphatic carbocycles. The van der Waals surface area contributed by atoms with Gasteiger partial charge in [-0.1, -0.05) is 189 Å². The van der Waals surface area contributed by atoms with Gasteiger partial charge in [0.1, 0.15) is 11.5 Å². The molecule has 0 aromatic heterocycles. The van der Waals surface area contributed by atoms with E-state index in [1.165, 1.54) is 102 Å². The molecule has 0 unspecified atom stereocenters. The number of carbonyl (C=O) groups excluding carboxylic acids is 2. The number of hydrogen-bond donors (Lipinski definition) is 0. The Labute approximate surface area is 419 Å². The Bertz CT molecular complexity index is 1870. The molecule has 380 valence electrons. The van der Waals surface area contributed by atoms with Crippen LogP contribution in [0.15, 0.2) is 122 Å². The second-order valence-electron chi connectivity index (χ2n) is 18.1. The van der Waals surface area contributed by atoms with Crippen molar-refractivity contribution in [1.82, 2.24) is 0 Å². The minimum Gasteiger partial charge on any atom is -0.494 e. The number of esters is 2. The van der Waals surface area contributed by atoms with Crippen molar-refractivity contribution in [1.29, 1.82) is 0 Å². The molecule has 0 bridgehead atoms. The van der Waals surface area contributed by atoms with Crippen LogP contribution in [0.2, 0.25) is 0 Å². The van der Waals surface area contributed by atoms with E-state index >= 15 is 0 Å². The number of ether oxygens (including phenoxy) is 8. The molecule has 4 aromatic rings. The summed E-state index contributed by atoms with van der Waals surface area (Å²) in [5.41, 5.74) is 6.61. The Balaban J connectivity index is 0.889. The molecular formula is C60H80O10. The Hall–Kier alpha value is -5.26. The topological polar surface area (TPSA) is 108 Å². The van der Waals surface area contributed by atoms with Crippen LogP contribution in [0.5, 0.6) is 11.5 Å². The lowest BCUT2D eigenvalue weighted by Gasteiger charge is -2.31. The smallest absolute Gasteiger partial charge is 0.330 e. The van der Waals surface area contributed by atoms with Gasteiger partial charge in [-0.25, -0.2) is 9.59 Å². The molecule has 0 spiro atoms. The highest BCUT2D eigenvalue weighted by molar-refractivity contribution is 5.81. The fraction of sp³-hybridized carbons (Fsp3) is 0.500. The summed E-state index contributed by atoms with van der Waals surface area (Å²) in [4.78, 5) is 22.1. The zero-order valence-corrected chi connectivity index (χ0v) is 41.8. The van der Waals surface area contributed by atoms with E-state index in [0.29, 0.717) is 39.6 Å². The number of hydrogen-bond acceptors (Lipinski definition) is 10. The fourth-order valence-electron chi connectivity index (χ4n) is 8.25. The highest BCUT2D eigenvalue weighted by atomic mass is 16.8. The van der Waals surface area contributed by atoms with Gasteiger partial charge in [-0.2, -0.15) is 0 Å². The molecular weight excluding hydrogens is 881 g/mol. The second-order valence-corrected chi connectivity index (χ2v) is 18.1. The van der Waals surface area contributed by atoms with Gasteiger partial charge in [0.05, 0.1) is 52.9 Å². The third kappa shape index (κ3) is 23.1. The van der Waals surface area contributed by atoms with Crippen LogP contribution < -0.4 is 9.47 Å². The maximum atomic E-state index is 11.1. The monoisotopic (exact) mass is 961 g/mol. The van der Waals surface area contributed by atoms with Crippen molar-refractivity contribution in [2.24, 2.45) is 0 Å². The maximum absolute atomic E-state index is 11.1. The minimum atomic E-state index is -0.627. The summed E-state index contributed by atoms with van der Waals surface area (Å²) in [5, 5.41) is 0. The second kappa shape index (κ2) is 34.9. The average Bonchev–Trinajstić information content (AvgIpc) is 3.40. The van der Waals surface area contributed by atoms with Gasteiger partial charge < -0.3 is 37.9 Å². The Morgan fingerprint density at radius 2 is 0.671 bits per heavy atom. The summed E-state index contributed by atoms with van der Waals surface area (Å²) in [6.07, 6.45) is 24.8. The predicted molar refractivity (Wildman–Crippen MR) is 278 cm³/mol. The molecule has 10 nitrogen and oxygen atoms in total. The van der Waals surface area contributed by atoms with Crippen molar-refractivity contribution in [3.05, 3.63) is 133 Å². The lowest BCUT2D eigenvalue weighted by atomic mass is 10.0. The van der Waals surface area contributed by atoms with E-state index in [4.69, 9.17) is 37.9 Å². The third-order valence-corrected chi connectivity index (χ3v) is 12.4.